The van der Waals surface area contributed by atoms with Crippen LogP contribution in [0, 0.1) is 0 Å². The van der Waals surface area contributed by atoms with E-state index in [2.05, 4.69) is 9.47 Å². The third-order valence-electron chi connectivity index (χ3n) is 0.733. The molecule has 1 aliphatic rings. The molecule has 1 saturated heterocycles. The van der Waals surface area contributed by atoms with Crippen LogP contribution >= 0.6 is 0 Å². The minimum atomic E-state index is -5.35. The normalized spacial score (nSPS) is 20.3. The molecule has 0 spiro atoms. The van der Waals surface area contributed by atoms with Crippen molar-refractivity contribution in [3.63, 3.8) is 0 Å². The molecule has 0 radical (unpaired) electrons. The van der Waals surface area contributed by atoms with Crippen LogP contribution in [0.4, 0.5) is 9.50 Å². The Morgan fingerprint density at radius 3 is 1.92 bits per heavy atom. The molecular formula is C4H10FO7Sb. The zero-order valence-electron chi connectivity index (χ0n) is 6.61. The van der Waals surface area contributed by atoms with Crippen molar-refractivity contribution < 1.29 is 32.1 Å². The predicted molar refractivity (Wildman–Crippen MR) is 37.5 cm³/mol. The molecule has 1 fully saturated rings. The molecule has 1 heterocycles. The summed E-state index contributed by atoms with van der Waals surface area (Å²) in [6.07, 6.45) is -0.597. The molecule has 13 heavy (non-hydrogen) atoms. The third-order valence-corrected chi connectivity index (χ3v) is 0.733. The molecule has 0 aromatic heterocycles. The number of ether oxygens (including phenoxy) is 2. The maximum absolute atomic E-state index is 10.0. The Hall–Kier alpha value is -0.302. The zero-order chi connectivity index (χ0) is 9.78. The van der Waals surface area contributed by atoms with Gasteiger partial charge < -0.3 is 9.47 Å². The Balaban J connectivity index is 0. The van der Waals surface area contributed by atoms with Gasteiger partial charge >= 0.3 is 39.4 Å². The monoisotopic (exact) mass is 310 g/mol. The molecule has 1 aliphatic heterocycles. The number of hydrogen-bond donors (Lipinski definition) is 3. The molecule has 0 aliphatic carbocycles. The van der Waals surface area contributed by atoms with Crippen molar-refractivity contribution >= 4 is 26.2 Å². The summed E-state index contributed by atoms with van der Waals surface area (Å²) in [6, 6.07) is 0. The summed E-state index contributed by atoms with van der Waals surface area (Å²) in [5.74, 6) is 0. The molecular weight excluding hydrogens is 301 g/mol. The SMILES string of the molecule is CC1COC(=O)O1.F.[O]=[Sb]([OH])([OH])[OH]. The van der Waals surface area contributed by atoms with Gasteiger partial charge in [-0.25, -0.2) is 4.79 Å². The van der Waals surface area contributed by atoms with Crippen molar-refractivity contribution in [3.8, 4) is 0 Å². The fraction of sp³-hybridized carbons (Fsp3) is 0.750. The van der Waals surface area contributed by atoms with E-state index in [1.165, 1.54) is 0 Å². The number of carbonyl (C=O) groups excluding carboxylic acids is 1. The maximum atomic E-state index is 10.0. The van der Waals surface area contributed by atoms with Crippen LogP contribution in [-0.4, -0.2) is 49.1 Å². The van der Waals surface area contributed by atoms with Gasteiger partial charge in [0.2, 0.25) is 0 Å². The van der Waals surface area contributed by atoms with E-state index < -0.39 is 26.2 Å². The summed E-state index contributed by atoms with van der Waals surface area (Å²) in [5.41, 5.74) is 0. The van der Waals surface area contributed by atoms with E-state index in [9.17, 15) is 4.79 Å². The number of cyclic esters (lactones) is 2. The molecule has 0 aromatic carbocycles. The zero-order valence-corrected chi connectivity index (χ0v) is 9.17. The Morgan fingerprint density at radius 2 is 1.85 bits per heavy atom. The molecule has 1 unspecified atom stereocenters. The molecule has 0 saturated carbocycles. The van der Waals surface area contributed by atoms with Crippen LogP contribution in [0.2, 0.25) is 0 Å². The Kier molecular flexibility index (Phi) is 7.24. The van der Waals surface area contributed by atoms with Crippen molar-refractivity contribution in [2.75, 3.05) is 6.61 Å². The van der Waals surface area contributed by atoms with E-state index in [1.54, 1.807) is 6.92 Å². The average Bonchev–Trinajstić information content (AvgIpc) is 2.09. The van der Waals surface area contributed by atoms with E-state index in [-0.39, 0.29) is 10.8 Å². The van der Waals surface area contributed by atoms with E-state index in [0.29, 0.717) is 6.61 Å². The van der Waals surface area contributed by atoms with Crippen LogP contribution in [0.15, 0.2) is 0 Å². The van der Waals surface area contributed by atoms with Crippen LogP contribution in [0.25, 0.3) is 0 Å². The second-order valence-corrected chi connectivity index (χ2v) is 4.93. The van der Waals surface area contributed by atoms with Gasteiger partial charge in [0.15, 0.2) is 0 Å². The van der Waals surface area contributed by atoms with Crippen molar-refractivity contribution in [3.05, 3.63) is 0 Å². The first-order chi connectivity index (χ1) is 5.29. The summed E-state index contributed by atoms with van der Waals surface area (Å²) in [7, 11) is 0. The summed E-state index contributed by atoms with van der Waals surface area (Å²) < 4.78 is 39.7. The van der Waals surface area contributed by atoms with E-state index in [4.69, 9.17) is 13.2 Å². The summed E-state index contributed by atoms with van der Waals surface area (Å²) in [6.45, 7) is 2.18. The first-order valence-electron chi connectivity index (χ1n) is 2.90. The Labute approximate surface area is 78.3 Å². The second-order valence-electron chi connectivity index (χ2n) is 2.00. The van der Waals surface area contributed by atoms with Crippen LogP contribution in [-0.2, 0) is 12.5 Å². The van der Waals surface area contributed by atoms with Crippen molar-refractivity contribution in [1.82, 2.24) is 0 Å². The summed E-state index contributed by atoms with van der Waals surface area (Å²) in [4.78, 5) is 10.0. The van der Waals surface area contributed by atoms with Gasteiger partial charge in [-0.1, -0.05) is 0 Å². The first-order valence-corrected chi connectivity index (χ1v) is 7.37. The van der Waals surface area contributed by atoms with Crippen LogP contribution < -0.4 is 0 Å². The van der Waals surface area contributed by atoms with Crippen molar-refractivity contribution in [1.29, 1.82) is 0 Å². The quantitative estimate of drug-likeness (QED) is 0.369. The van der Waals surface area contributed by atoms with E-state index >= 15 is 0 Å². The molecule has 1 rings (SSSR count). The van der Waals surface area contributed by atoms with Gasteiger partial charge in [-0.15, -0.1) is 0 Å². The molecule has 3 N–H and O–H groups in total. The van der Waals surface area contributed by atoms with Gasteiger partial charge in [-0.05, 0) is 6.92 Å². The van der Waals surface area contributed by atoms with Crippen LogP contribution in [0.5, 0.6) is 0 Å². The molecule has 80 valence electrons. The Bertz CT molecular complexity index is 192. The van der Waals surface area contributed by atoms with Gasteiger partial charge in [-0.3, -0.25) is 4.70 Å². The van der Waals surface area contributed by atoms with Gasteiger partial charge in [0.1, 0.15) is 12.7 Å². The fourth-order valence-corrected chi connectivity index (χ4v) is 0.418. The van der Waals surface area contributed by atoms with E-state index in [1.807, 2.05) is 0 Å². The topological polar surface area (TPSA) is 113 Å². The first kappa shape index (κ1) is 15.2. The molecule has 0 amide bonds. The average molecular weight is 311 g/mol. The van der Waals surface area contributed by atoms with E-state index in [0.717, 1.165) is 0 Å². The van der Waals surface area contributed by atoms with Gasteiger partial charge in [-0.2, -0.15) is 0 Å². The molecule has 0 aromatic rings. The number of rotatable bonds is 0. The predicted octanol–water partition coefficient (Wildman–Crippen LogP) is -1.48. The van der Waals surface area contributed by atoms with Crippen LogP contribution in [0.3, 0.4) is 0 Å². The number of hydrogen-bond acceptors (Lipinski definition) is 4. The summed E-state index contributed by atoms with van der Waals surface area (Å²) in [5, 5.41) is 0. The molecule has 0 bridgehead atoms. The molecule has 9 heteroatoms. The fourth-order valence-electron chi connectivity index (χ4n) is 0.418. The summed E-state index contributed by atoms with van der Waals surface area (Å²) >= 11 is -5.35. The van der Waals surface area contributed by atoms with Gasteiger partial charge in [0.05, 0.1) is 0 Å². The molecule has 7 nitrogen and oxygen atoms in total. The van der Waals surface area contributed by atoms with Gasteiger partial charge in [0, 0.05) is 0 Å². The second kappa shape index (κ2) is 6.20. The van der Waals surface area contributed by atoms with Crippen molar-refractivity contribution in [2.45, 2.75) is 13.0 Å². The standard InChI is InChI=1S/C4H6O3.FH.3H2O.O.Sb/c1-3-2-6-4(5)7-3;;;;;;/h3H,2H2,1H3;1H;3*1H2;;/q;;;;;;+3/p-3. The minimum absolute atomic E-state index is 0. The number of halogens is 1. The van der Waals surface area contributed by atoms with Crippen molar-refractivity contribution in [2.24, 2.45) is 0 Å². The van der Waals surface area contributed by atoms with Gasteiger partial charge in [0.25, 0.3) is 0 Å². The number of carbonyl (C=O) groups is 1. The molecule has 1 atom stereocenters. The third kappa shape index (κ3) is 14.5. The Morgan fingerprint density at radius 1 is 1.46 bits per heavy atom. The van der Waals surface area contributed by atoms with Crippen LogP contribution in [0.1, 0.15) is 6.92 Å².